The Bertz CT molecular complexity index is 998. The maximum atomic E-state index is 12.8. The number of carbonyl (C=O) groups excluding carboxylic acids is 2. The lowest BCUT2D eigenvalue weighted by molar-refractivity contribution is 0.102. The van der Waals surface area contributed by atoms with Crippen LogP contribution in [0.2, 0.25) is 0 Å². The number of hydrogen-bond acceptors (Lipinski definition) is 6. The third kappa shape index (κ3) is 3.99. The number of carbonyl (C=O) groups is 2. The van der Waals surface area contributed by atoms with Crippen molar-refractivity contribution in [3.8, 4) is 0 Å². The Hall–Kier alpha value is -2.55. The maximum Gasteiger partial charge on any atom is 0.265 e. The summed E-state index contributed by atoms with van der Waals surface area (Å²) in [5.74, 6) is -0.500. The van der Waals surface area contributed by atoms with Gasteiger partial charge in [-0.05, 0) is 30.1 Å². The predicted molar refractivity (Wildman–Crippen MR) is 113 cm³/mol. The summed E-state index contributed by atoms with van der Waals surface area (Å²) in [4.78, 5) is 33.9. The normalized spacial score (nSPS) is 13.8. The Labute approximate surface area is 171 Å². The molecule has 0 saturated carbocycles. The SMILES string of the molecule is CCN1CCc2nc(NC(=O)c3ccccc3NC(=O)c3cccs3)sc2C1. The van der Waals surface area contributed by atoms with E-state index in [0.717, 1.165) is 31.7 Å². The third-order valence-corrected chi connectivity index (χ3v) is 6.51. The second kappa shape index (κ2) is 8.22. The lowest BCUT2D eigenvalue weighted by Crippen LogP contribution is -2.29. The van der Waals surface area contributed by atoms with Gasteiger partial charge in [0.05, 0.1) is 21.8 Å². The van der Waals surface area contributed by atoms with Crippen LogP contribution in [0.3, 0.4) is 0 Å². The molecule has 1 aliphatic heterocycles. The second-order valence-corrected chi connectivity index (χ2v) is 8.47. The number of para-hydroxylation sites is 1. The topological polar surface area (TPSA) is 74.3 Å². The highest BCUT2D eigenvalue weighted by Gasteiger charge is 2.21. The van der Waals surface area contributed by atoms with E-state index in [4.69, 9.17) is 0 Å². The van der Waals surface area contributed by atoms with Gasteiger partial charge in [-0.25, -0.2) is 4.98 Å². The van der Waals surface area contributed by atoms with Crippen molar-refractivity contribution in [2.24, 2.45) is 0 Å². The summed E-state index contributed by atoms with van der Waals surface area (Å²) in [6, 6.07) is 10.6. The molecule has 28 heavy (non-hydrogen) atoms. The number of likely N-dealkylation sites (N-methyl/N-ethyl adjacent to an activating group) is 1. The molecule has 0 bridgehead atoms. The number of thiazole rings is 1. The van der Waals surface area contributed by atoms with Crippen molar-refractivity contribution in [1.29, 1.82) is 0 Å². The summed E-state index contributed by atoms with van der Waals surface area (Å²) in [5, 5.41) is 8.18. The summed E-state index contributed by atoms with van der Waals surface area (Å²) in [7, 11) is 0. The Morgan fingerprint density at radius 3 is 2.79 bits per heavy atom. The van der Waals surface area contributed by atoms with Gasteiger partial charge in [-0.15, -0.1) is 22.7 Å². The predicted octanol–water partition coefficient (Wildman–Crippen LogP) is 4.09. The molecule has 0 saturated heterocycles. The molecular formula is C20H20N4O2S2. The molecule has 0 radical (unpaired) electrons. The Balaban J connectivity index is 1.50. The van der Waals surface area contributed by atoms with Crippen LogP contribution in [0.4, 0.5) is 10.8 Å². The third-order valence-electron chi connectivity index (χ3n) is 4.64. The fourth-order valence-corrected chi connectivity index (χ4v) is 4.78. The van der Waals surface area contributed by atoms with Crippen molar-refractivity contribution in [1.82, 2.24) is 9.88 Å². The molecule has 3 aromatic rings. The number of amides is 2. The summed E-state index contributed by atoms with van der Waals surface area (Å²) in [6.45, 7) is 5.04. The largest absolute Gasteiger partial charge is 0.321 e. The van der Waals surface area contributed by atoms with E-state index < -0.39 is 0 Å². The van der Waals surface area contributed by atoms with Crippen molar-refractivity contribution in [3.63, 3.8) is 0 Å². The van der Waals surface area contributed by atoms with Crippen LogP contribution in [0.1, 0.15) is 37.5 Å². The molecular weight excluding hydrogens is 392 g/mol. The van der Waals surface area contributed by atoms with Gasteiger partial charge >= 0.3 is 0 Å². The first-order chi connectivity index (χ1) is 13.6. The number of aromatic nitrogens is 1. The highest BCUT2D eigenvalue weighted by atomic mass is 32.1. The first-order valence-electron chi connectivity index (χ1n) is 9.10. The second-order valence-electron chi connectivity index (χ2n) is 6.44. The van der Waals surface area contributed by atoms with Gasteiger partial charge in [-0.2, -0.15) is 0 Å². The molecule has 0 atom stereocenters. The molecule has 0 aliphatic carbocycles. The van der Waals surface area contributed by atoms with E-state index in [1.165, 1.54) is 27.6 Å². The van der Waals surface area contributed by atoms with Gasteiger partial charge < -0.3 is 5.32 Å². The number of nitrogens with one attached hydrogen (secondary N) is 2. The van der Waals surface area contributed by atoms with Gasteiger partial charge in [0.15, 0.2) is 5.13 Å². The van der Waals surface area contributed by atoms with Gasteiger partial charge in [0.25, 0.3) is 11.8 Å². The standard InChI is InChI=1S/C20H20N4O2S2/c1-2-24-10-9-15-17(12-24)28-20(22-15)23-18(25)13-6-3-4-7-14(13)21-19(26)16-8-5-11-27-16/h3-8,11H,2,9-10,12H2,1H3,(H,21,26)(H,22,23,25). The number of nitrogens with zero attached hydrogens (tertiary/aromatic N) is 2. The van der Waals surface area contributed by atoms with Gasteiger partial charge in [0, 0.05) is 24.4 Å². The summed E-state index contributed by atoms with van der Waals surface area (Å²) >= 11 is 2.88. The van der Waals surface area contributed by atoms with Crippen LogP contribution >= 0.6 is 22.7 Å². The minimum absolute atomic E-state index is 0.223. The van der Waals surface area contributed by atoms with Crippen molar-refractivity contribution < 1.29 is 9.59 Å². The van der Waals surface area contributed by atoms with Crippen LogP contribution in [0, 0.1) is 0 Å². The van der Waals surface area contributed by atoms with Crippen molar-refractivity contribution in [2.45, 2.75) is 19.9 Å². The molecule has 4 rings (SSSR count). The lowest BCUT2D eigenvalue weighted by Gasteiger charge is -2.23. The highest BCUT2D eigenvalue weighted by molar-refractivity contribution is 7.16. The number of rotatable bonds is 5. The number of thiophene rings is 1. The van der Waals surface area contributed by atoms with Crippen LogP contribution in [0.25, 0.3) is 0 Å². The monoisotopic (exact) mass is 412 g/mol. The number of hydrogen-bond donors (Lipinski definition) is 2. The molecule has 0 fully saturated rings. The van der Waals surface area contributed by atoms with E-state index in [9.17, 15) is 9.59 Å². The molecule has 6 nitrogen and oxygen atoms in total. The minimum Gasteiger partial charge on any atom is -0.321 e. The van der Waals surface area contributed by atoms with Gasteiger partial charge in [0.2, 0.25) is 0 Å². The molecule has 3 heterocycles. The zero-order valence-corrected chi connectivity index (χ0v) is 17.0. The van der Waals surface area contributed by atoms with Crippen molar-refractivity contribution >= 4 is 45.3 Å². The first kappa shape index (κ1) is 18.8. The van der Waals surface area contributed by atoms with Gasteiger partial charge in [-0.3, -0.25) is 19.8 Å². The zero-order chi connectivity index (χ0) is 19.5. The molecule has 2 N–H and O–H groups in total. The van der Waals surface area contributed by atoms with Crippen LogP contribution in [0.15, 0.2) is 41.8 Å². The maximum absolute atomic E-state index is 12.8. The molecule has 1 aromatic carbocycles. The van der Waals surface area contributed by atoms with Crippen LogP contribution in [-0.4, -0.2) is 34.8 Å². The summed E-state index contributed by atoms with van der Waals surface area (Å²) < 4.78 is 0. The number of anilines is 2. The molecule has 1 aliphatic rings. The highest BCUT2D eigenvalue weighted by Crippen LogP contribution is 2.29. The van der Waals surface area contributed by atoms with Crippen LogP contribution in [0.5, 0.6) is 0 Å². The van der Waals surface area contributed by atoms with E-state index in [1.54, 1.807) is 30.3 Å². The average Bonchev–Trinajstić information content (AvgIpc) is 3.37. The summed E-state index contributed by atoms with van der Waals surface area (Å²) in [5.41, 5.74) is 1.97. The fourth-order valence-electron chi connectivity index (χ4n) is 3.12. The minimum atomic E-state index is -0.277. The van der Waals surface area contributed by atoms with E-state index >= 15 is 0 Å². The Morgan fingerprint density at radius 1 is 1.14 bits per heavy atom. The van der Waals surface area contributed by atoms with E-state index in [1.807, 2.05) is 11.4 Å². The Kier molecular flexibility index (Phi) is 5.52. The molecule has 8 heteroatoms. The van der Waals surface area contributed by atoms with Crippen LogP contribution < -0.4 is 10.6 Å². The van der Waals surface area contributed by atoms with Gasteiger partial charge in [-0.1, -0.05) is 25.1 Å². The molecule has 2 aromatic heterocycles. The first-order valence-corrected chi connectivity index (χ1v) is 10.8. The molecule has 2 amide bonds. The fraction of sp³-hybridized carbons (Fsp3) is 0.250. The molecule has 144 valence electrons. The van der Waals surface area contributed by atoms with Crippen LogP contribution in [-0.2, 0) is 13.0 Å². The average molecular weight is 413 g/mol. The zero-order valence-electron chi connectivity index (χ0n) is 15.4. The summed E-state index contributed by atoms with van der Waals surface area (Å²) in [6.07, 6.45) is 0.906. The van der Waals surface area contributed by atoms with E-state index in [-0.39, 0.29) is 11.8 Å². The van der Waals surface area contributed by atoms with Crippen molar-refractivity contribution in [2.75, 3.05) is 23.7 Å². The van der Waals surface area contributed by atoms with E-state index in [2.05, 4.69) is 27.4 Å². The number of benzene rings is 1. The number of fused-ring (bicyclic) bond motifs is 1. The van der Waals surface area contributed by atoms with Gasteiger partial charge in [0.1, 0.15) is 0 Å². The van der Waals surface area contributed by atoms with Crippen molar-refractivity contribution in [3.05, 3.63) is 62.8 Å². The quantitative estimate of drug-likeness (QED) is 0.662. The smallest absolute Gasteiger partial charge is 0.265 e. The molecule has 0 spiro atoms. The van der Waals surface area contributed by atoms with E-state index in [0.29, 0.717) is 21.3 Å². The molecule has 0 unspecified atom stereocenters. The lowest BCUT2D eigenvalue weighted by atomic mass is 10.1. The Morgan fingerprint density at radius 2 is 2.00 bits per heavy atom.